The molecule has 1 aliphatic rings. The topological polar surface area (TPSA) is 55.4 Å². The number of rotatable bonds is 1. The third-order valence-electron chi connectivity index (χ3n) is 1.87. The van der Waals surface area contributed by atoms with Crippen LogP contribution in [0.1, 0.15) is 15.9 Å². The Morgan fingerprint density at radius 2 is 2.31 bits per heavy atom. The minimum Gasteiger partial charge on any atom is -0.444 e. The molecular weight excluding hydrogens is 170 g/mol. The lowest BCUT2D eigenvalue weighted by Gasteiger charge is -2.17. The molecule has 1 amide bonds. The largest absolute Gasteiger partial charge is 0.444 e. The second-order valence-corrected chi connectivity index (χ2v) is 2.74. The maximum atomic E-state index is 10.8. The molecule has 0 unspecified atom stereocenters. The molecule has 0 bridgehead atoms. The van der Waals surface area contributed by atoms with Crippen molar-refractivity contribution in [3.8, 4) is 0 Å². The highest BCUT2D eigenvalue weighted by atomic mass is 16.5. The SMILES string of the molecule is O=Cc1ccc2c(c1)NC(=O)OC2. The molecule has 4 nitrogen and oxygen atoms in total. The number of benzene rings is 1. The Morgan fingerprint density at radius 1 is 1.46 bits per heavy atom. The minimum atomic E-state index is -0.476. The standard InChI is InChI=1S/C9H7NO3/c11-4-6-1-2-7-5-13-9(12)10-8(7)3-6/h1-4H,5H2,(H,10,12). The predicted octanol–water partition coefficient (Wildman–Crippen LogP) is 1.56. The van der Waals surface area contributed by atoms with E-state index in [0.717, 1.165) is 11.8 Å². The minimum absolute atomic E-state index is 0.264. The van der Waals surface area contributed by atoms with E-state index < -0.39 is 6.09 Å². The maximum absolute atomic E-state index is 10.8. The Morgan fingerprint density at radius 3 is 3.08 bits per heavy atom. The molecule has 0 saturated carbocycles. The summed E-state index contributed by atoms with van der Waals surface area (Å²) in [5, 5.41) is 2.51. The van der Waals surface area contributed by atoms with Gasteiger partial charge in [-0.1, -0.05) is 12.1 Å². The summed E-state index contributed by atoms with van der Waals surface area (Å²) in [6.07, 6.45) is 0.262. The van der Waals surface area contributed by atoms with Crippen molar-refractivity contribution in [2.75, 3.05) is 5.32 Å². The van der Waals surface area contributed by atoms with Crippen LogP contribution in [-0.4, -0.2) is 12.4 Å². The van der Waals surface area contributed by atoms with Gasteiger partial charge >= 0.3 is 6.09 Å². The quantitative estimate of drug-likeness (QED) is 0.662. The molecule has 1 heterocycles. The van der Waals surface area contributed by atoms with Gasteiger partial charge in [0.05, 0.1) is 5.69 Å². The summed E-state index contributed by atoms with van der Waals surface area (Å²) in [6.45, 7) is 0.264. The molecule has 1 aromatic carbocycles. The Balaban J connectivity index is 2.43. The Hall–Kier alpha value is -1.84. The van der Waals surface area contributed by atoms with Gasteiger partial charge in [0, 0.05) is 11.1 Å². The van der Waals surface area contributed by atoms with Crippen LogP contribution in [0.2, 0.25) is 0 Å². The molecule has 1 aromatic rings. The second-order valence-electron chi connectivity index (χ2n) is 2.74. The van der Waals surface area contributed by atoms with Crippen LogP contribution in [-0.2, 0) is 11.3 Å². The average Bonchev–Trinajstić information content (AvgIpc) is 2.16. The number of ether oxygens (including phenoxy) is 1. The Kier molecular flexibility index (Phi) is 1.73. The van der Waals surface area contributed by atoms with Crippen LogP contribution < -0.4 is 5.32 Å². The molecule has 0 atom stereocenters. The van der Waals surface area contributed by atoms with E-state index in [-0.39, 0.29) is 6.61 Å². The fraction of sp³-hybridized carbons (Fsp3) is 0.111. The highest BCUT2D eigenvalue weighted by molar-refractivity contribution is 5.89. The third-order valence-corrected chi connectivity index (χ3v) is 1.87. The fourth-order valence-corrected chi connectivity index (χ4v) is 1.20. The number of amides is 1. The highest BCUT2D eigenvalue weighted by Crippen LogP contribution is 2.21. The van der Waals surface area contributed by atoms with E-state index in [0.29, 0.717) is 11.3 Å². The van der Waals surface area contributed by atoms with Crippen LogP contribution in [0.4, 0.5) is 10.5 Å². The lowest BCUT2D eigenvalue weighted by Crippen LogP contribution is -2.20. The van der Waals surface area contributed by atoms with Gasteiger partial charge in [-0.15, -0.1) is 0 Å². The highest BCUT2D eigenvalue weighted by Gasteiger charge is 2.15. The van der Waals surface area contributed by atoms with Crippen molar-refractivity contribution < 1.29 is 14.3 Å². The molecule has 0 radical (unpaired) electrons. The number of carbonyl (C=O) groups excluding carboxylic acids is 2. The Labute approximate surface area is 74.5 Å². The van der Waals surface area contributed by atoms with Gasteiger partial charge in [-0.2, -0.15) is 0 Å². The van der Waals surface area contributed by atoms with Crippen molar-refractivity contribution >= 4 is 18.1 Å². The number of aldehydes is 1. The van der Waals surface area contributed by atoms with Gasteiger partial charge in [-0.25, -0.2) is 4.79 Å². The second kappa shape index (κ2) is 2.90. The maximum Gasteiger partial charge on any atom is 0.411 e. The van der Waals surface area contributed by atoms with Crippen LogP contribution in [0.15, 0.2) is 18.2 Å². The number of fused-ring (bicyclic) bond motifs is 1. The first-order chi connectivity index (χ1) is 6.29. The third kappa shape index (κ3) is 1.38. The van der Waals surface area contributed by atoms with Gasteiger partial charge in [-0.3, -0.25) is 10.1 Å². The zero-order valence-corrected chi connectivity index (χ0v) is 6.74. The zero-order valence-electron chi connectivity index (χ0n) is 6.74. The average molecular weight is 177 g/mol. The molecule has 2 rings (SSSR count). The summed E-state index contributed by atoms with van der Waals surface area (Å²) in [6, 6.07) is 5.08. The van der Waals surface area contributed by atoms with Crippen molar-refractivity contribution in [1.82, 2.24) is 0 Å². The smallest absolute Gasteiger partial charge is 0.411 e. The van der Waals surface area contributed by atoms with E-state index in [1.807, 2.05) is 0 Å². The first-order valence-electron chi connectivity index (χ1n) is 3.81. The normalized spacial score (nSPS) is 14.0. The number of cyclic esters (lactones) is 1. The Bertz CT molecular complexity index is 373. The number of anilines is 1. The van der Waals surface area contributed by atoms with E-state index in [1.165, 1.54) is 0 Å². The van der Waals surface area contributed by atoms with Gasteiger partial charge in [-0.05, 0) is 6.07 Å². The molecule has 0 fully saturated rings. The summed E-state index contributed by atoms with van der Waals surface area (Å²) in [4.78, 5) is 21.2. The predicted molar refractivity (Wildman–Crippen MR) is 45.6 cm³/mol. The van der Waals surface area contributed by atoms with Gasteiger partial charge in [0.15, 0.2) is 0 Å². The van der Waals surface area contributed by atoms with E-state index in [9.17, 15) is 9.59 Å². The van der Waals surface area contributed by atoms with Gasteiger partial charge in [0.1, 0.15) is 12.9 Å². The van der Waals surface area contributed by atoms with E-state index in [1.54, 1.807) is 18.2 Å². The summed E-state index contributed by atoms with van der Waals surface area (Å²) in [5.74, 6) is 0. The molecule has 0 saturated heterocycles. The summed E-state index contributed by atoms with van der Waals surface area (Å²) < 4.78 is 4.74. The molecular formula is C9H7NO3. The first kappa shape index (κ1) is 7.79. The van der Waals surface area contributed by atoms with Crippen LogP contribution in [0.5, 0.6) is 0 Å². The molecule has 0 aromatic heterocycles. The van der Waals surface area contributed by atoms with E-state index >= 15 is 0 Å². The van der Waals surface area contributed by atoms with Gasteiger partial charge < -0.3 is 4.74 Å². The summed E-state index contributed by atoms with van der Waals surface area (Å²) in [7, 11) is 0. The van der Waals surface area contributed by atoms with Crippen molar-refractivity contribution in [2.24, 2.45) is 0 Å². The lowest BCUT2D eigenvalue weighted by molar-refractivity contribution is 0.112. The van der Waals surface area contributed by atoms with E-state index in [2.05, 4.69) is 5.32 Å². The van der Waals surface area contributed by atoms with Crippen molar-refractivity contribution in [2.45, 2.75) is 6.61 Å². The summed E-state index contributed by atoms with van der Waals surface area (Å²) in [5.41, 5.74) is 2.08. The van der Waals surface area contributed by atoms with Crippen LogP contribution in [0.3, 0.4) is 0 Å². The number of hydrogen-bond donors (Lipinski definition) is 1. The van der Waals surface area contributed by atoms with Crippen LogP contribution in [0, 0.1) is 0 Å². The molecule has 13 heavy (non-hydrogen) atoms. The molecule has 0 spiro atoms. The number of carbonyl (C=O) groups is 2. The molecule has 0 aliphatic carbocycles. The zero-order chi connectivity index (χ0) is 9.26. The fourth-order valence-electron chi connectivity index (χ4n) is 1.20. The molecule has 4 heteroatoms. The van der Waals surface area contributed by atoms with Crippen molar-refractivity contribution in [3.05, 3.63) is 29.3 Å². The van der Waals surface area contributed by atoms with Crippen LogP contribution in [0.25, 0.3) is 0 Å². The first-order valence-corrected chi connectivity index (χ1v) is 3.81. The number of hydrogen-bond acceptors (Lipinski definition) is 3. The molecule has 1 aliphatic heterocycles. The van der Waals surface area contributed by atoms with Gasteiger partial charge in [0.2, 0.25) is 0 Å². The van der Waals surface area contributed by atoms with Crippen molar-refractivity contribution in [1.29, 1.82) is 0 Å². The number of nitrogens with one attached hydrogen (secondary N) is 1. The molecule has 1 N–H and O–H groups in total. The monoisotopic (exact) mass is 177 g/mol. The van der Waals surface area contributed by atoms with Crippen molar-refractivity contribution in [3.63, 3.8) is 0 Å². The van der Waals surface area contributed by atoms with Gasteiger partial charge in [0.25, 0.3) is 0 Å². The lowest BCUT2D eigenvalue weighted by atomic mass is 10.1. The van der Waals surface area contributed by atoms with E-state index in [4.69, 9.17) is 4.74 Å². The molecule has 66 valence electrons. The van der Waals surface area contributed by atoms with Crippen LogP contribution >= 0.6 is 0 Å². The summed E-state index contributed by atoms with van der Waals surface area (Å²) >= 11 is 0.